The maximum atomic E-state index is 12.3. The highest BCUT2D eigenvalue weighted by atomic mass is 32.2. The molecule has 1 aromatic carbocycles. The highest BCUT2D eigenvalue weighted by Crippen LogP contribution is 2.26. The molecule has 0 atom stereocenters. The van der Waals surface area contributed by atoms with Crippen LogP contribution in [0.1, 0.15) is 6.92 Å². The highest BCUT2D eigenvalue weighted by molar-refractivity contribution is 7.89. The molecule has 0 aliphatic carbocycles. The molecule has 19 heavy (non-hydrogen) atoms. The Kier molecular flexibility index (Phi) is 5.59. The summed E-state index contributed by atoms with van der Waals surface area (Å²) in [6.07, 6.45) is 0. The van der Waals surface area contributed by atoms with Crippen LogP contribution in [0.4, 0.5) is 5.69 Å². The minimum Gasteiger partial charge on any atom is -0.495 e. The highest BCUT2D eigenvalue weighted by Gasteiger charge is 2.21. The fraction of sp³-hybridized carbons (Fsp3) is 0.500. The van der Waals surface area contributed by atoms with Gasteiger partial charge in [-0.05, 0) is 19.1 Å². The molecule has 1 aromatic rings. The molecule has 7 heteroatoms. The standard InChI is InChI=1S/C12H20N2O4S/c1-4-18-8-7-14(2)19(15,16)10-5-6-11(13)12(9-10)17-3/h5-6,9H,4,7-8,13H2,1-3H3. The number of methoxy groups -OCH3 is 1. The summed E-state index contributed by atoms with van der Waals surface area (Å²) in [6, 6.07) is 4.40. The van der Waals surface area contributed by atoms with Gasteiger partial charge in [-0.3, -0.25) is 0 Å². The molecular formula is C12H20N2O4S. The Morgan fingerprint density at radius 3 is 2.63 bits per heavy atom. The molecule has 0 saturated heterocycles. The number of likely N-dealkylation sites (N-methyl/N-ethyl adjacent to an activating group) is 1. The minimum atomic E-state index is -3.55. The van der Waals surface area contributed by atoms with Crippen molar-refractivity contribution in [1.29, 1.82) is 0 Å². The van der Waals surface area contributed by atoms with Crippen molar-refractivity contribution in [3.63, 3.8) is 0 Å². The van der Waals surface area contributed by atoms with E-state index in [1.54, 1.807) is 0 Å². The molecule has 1 rings (SSSR count). The van der Waals surface area contributed by atoms with Gasteiger partial charge in [0, 0.05) is 26.3 Å². The van der Waals surface area contributed by atoms with Crippen molar-refractivity contribution < 1.29 is 17.9 Å². The number of ether oxygens (including phenoxy) is 2. The zero-order valence-corrected chi connectivity index (χ0v) is 12.2. The summed E-state index contributed by atoms with van der Waals surface area (Å²) in [4.78, 5) is 0.151. The lowest BCUT2D eigenvalue weighted by atomic mass is 10.3. The molecular weight excluding hydrogens is 268 g/mol. The third-order valence-electron chi connectivity index (χ3n) is 2.67. The van der Waals surface area contributed by atoms with Gasteiger partial charge in [-0.15, -0.1) is 0 Å². The molecule has 0 fully saturated rings. The van der Waals surface area contributed by atoms with Crippen LogP contribution >= 0.6 is 0 Å². The Labute approximate surface area is 114 Å². The molecule has 0 radical (unpaired) electrons. The summed E-state index contributed by atoms with van der Waals surface area (Å²) < 4.78 is 36.0. The molecule has 0 aliphatic heterocycles. The number of benzene rings is 1. The summed E-state index contributed by atoms with van der Waals surface area (Å²) in [7, 11) is -0.595. The SMILES string of the molecule is CCOCCN(C)S(=O)(=O)c1ccc(N)c(OC)c1. The van der Waals surface area contributed by atoms with Crippen LogP contribution in [0.15, 0.2) is 23.1 Å². The zero-order chi connectivity index (χ0) is 14.5. The van der Waals surface area contributed by atoms with E-state index in [9.17, 15) is 8.42 Å². The van der Waals surface area contributed by atoms with Gasteiger partial charge in [0.2, 0.25) is 10.0 Å². The molecule has 6 nitrogen and oxygen atoms in total. The number of rotatable bonds is 7. The molecule has 0 bridgehead atoms. The first-order chi connectivity index (χ1) is 8.93. The van der Waals surface area contributed by atoms with Crippen molar-refractivity contribution in [2.24, 2.45) is 0 Å². The first-order valence-corrected chi connectivity index (χ1v) is 7.35. The second kappa shape index (κ2) is 6.74. The van der Waals surface area contributed by atoms with Crippen molar-refractivity contribution in [2.75, 3.05) is 39.6 Å². The van der Waals surface area contributed by atoms with Crippen molar-refractivity contribution in [3.05, 3.63) is 18.2 Å². The molecule has 0 unspecified atom stereocenters. The van der Waals surface area contributed by atoms with Gasteiger partial charge in [0.15, 0.2) is 0 Å². The maximum absolute atomic E-state index is 12.3. The summed E-state index contributed by atoms with van der Waals surface area (Å²) in [5.74, 6) is 0.347. The van der Waals surface area contributed by atoms with Crippen LogP contribution in [0.2, 0.25) is 0 Å². The fourth-order valence-corrected chi connectivity index (χ4v) is 2.66. The van der Waals surface area contributed by atoms with Crippen LogP contribution < -0.4 is 10.5 Å². The lowest BCUT2D eigenvalue weighted by Crippen LogP contribution is -2.30. The summed E-state index contributed by atoms with van der Waals surface area (Å²) in [5.41, 5.74) is 6.07. The van der Waals surface area contributed by atoms with Gasteiger partial charge in [-0.1, -0.05) is 0 Å². The van der Waals surface area contributed by atoms with Gasteiger partial charge < -0.3 is 15.2 Å². The Morgan fingerprint density at radius 1 is 1.37 bits per heavy atom. The van der Waals surface area contributed by atoms with Crippen LogP contribution in [0.25, 0.3) is 0 Å². The average molecular weight is 288 g/mol. The normalized spacial score (nSPS) is 11.8. The van der Waals surface area contributed by atoms with E-state index in [-0.39, 0.29) is 4.90 Å². The Bertz CT molecular complexity index is 516. The van der Waals surface area contributed by atoms with E-state index in [1.165, 1.54) is 36.7 Å². The van der Waals surface area contributed by atoms with Crippen LogP contribution in [0.5, 0.6) is 5.75 Å². The molecule has 0 spiro atoms. The number of sulfonamides is 1. The van der Waals surface area contributed by atoms with Crippen LogP contribution in [0, 0.1) is 0 Å². The second-order valence-electron chi connectivity index (χ2n) is 3.93. The number of nitrogens with zero attached hydrogens (tertiary/aromatic N) is 1. The molecule has 0 heterocycles. The maximum Gasteiger partial charge on any atom is 0.243 e. The molecule has 0 aromatic heterocycles. The molecule has 0 aliphatic rings. The van der Waals surface area contributed by atoms with Crippen molar-refractivity contribution >= 4 is 15.7 Å². The fourth-order valence-electron chi connectivity index (χ4n) is 1.49. The van der Waals surface area contributed by atoms with Crippen molar-refractivity contribution in [1.82, 2.24) is 4.31 Å². The third kappa shape index (κ3) is 3.82. The number of nitrogen functional groups attached to an aromatic ring is 1. The van der Waals surface area contributed by atoms with Crippen molar-refractivity contribution in [2.45, 2.75) is 11.8 Å². The molecule has 0 saturated carbocycles. The Balaban J connectivity index is 2.93. The first kappa shape index (κ1) is 15.7. The Morgan fingerprint density at radius 2 is 2.05 bits per heavy atom. The largest absolute Gasteiger partial charge is 0.495 e. The predicted octanol–water partition coefficient (Wildman–Crippen LogP) is 0.934. The average Bonchev–Trinajstić information content (AvgIpc) is 2.39. The predicted molar refractivity (Wildman–Crippen MR) is 73.7 cm³/mol. The summed E-state index contributed by atoms with van der Waals surface area (Å²) in [5, 5.41) is 0. The van der Waals surface area contributed by atoms with E-state index in [1.807, 2.05) is 6.92 Å². The van der Waals surface area contributed by atoms with Crippen LogP contribution in [-0.4, -0.2) is 46.6 Å². The summed E-state index contributed by atoms with van der Waals surface area (Å²) in [6.45, 7) is 3.07. The number of hydrogen-bond donors (Lipinski definition) is 1. The molecule has 2 N–H and O–H groups in total. The van der Waals surface area contributed by atoms with Crippen molar-refractivity contribution in [3.8, 4) is 5.75 Å². The van der Waals surface area contributed by atoms with Gasteiger partial charge in [0.25, 0.3) is 0 Å². The number of nitrogens with two attached hydrogens (primary N) is 1. The van der Waals surface area contributed by atoms with Gasteiger partial charge in [-0.25, -0.2) is 8.42 Å². The van der Waals surface area contributed by atoms with Crippen LogP contribution in [-0.2, 0) is 14.8 Å². The second-order valence-corrected chi connectivity index (χ2v) is 5.97. The molecule has 0 amide bonds. The van der Waals surface area contributed by atoms with Gasteiger partial charge in [0.1, 0.15) is 5.75 Å². The smallest absolute Gasteiger partial charge is 0.243 e. The lowest BCUT2D eigenvalue weighted by molar-refractivity contribution is 0.138. The minimum absolute atomic E-state index is 0.151. The lowest BCUT2D eigenvalue weighted by Gasteiger charge is -2.17. The topological polar surface area (TPSA) is 81.9 Å². The van der Waals surface area contributed by atoms with Gasteiger partial charge in [-0.2, -0.15) is 4.31 Å². The van der Waals surface area contributed by atoms with E-state index in [2.05, 4.69) is 0 Å². The molecule has 108 valence electrons. The van der Waals surface area contributed by atoms with E-state index in [0.717, 1.165) is 0 Å². The number of anilines is 1. The first-order valence-electron chi connectivity index (χ1n) is 5.91. The van der Waals surface area contributed by atoms with E-state index in [0.29, 0.717) is 31.2 Å². The van der Waals surface area contributed by atoms with Gasteiger partial charge in [0.05, 0.1) is 24.3 Å². The quantitative estimate of drug-likeness (QED) is 0.596. The Hall–Kier alpha value is -1.31. The van der Waals surface area contributed by atoms with Crippen LogP contribution in [0.3, 0.4) is 0 Å². The zero-order valence-electron chi connectivity index (χ0n) is 11.4. The number of hydrogen-bond acceptors (Lipinski definition) is 5. The van der Waals surface area contributed by atoms with E-state index in [4.69, 9.17) is 15.2 Å². The summed E-state index contributed by atoms with van der Waals surface area (Å²) >= 11 is 0. The third-order valence-corrected chi connectivity index (χ3v) is 4.52. The van der Waals surface area contributed by atoms with Gasteiger partial charge >= 0.3 is 0 Å². The van der Waals surface area contributed by atoms with E-state index >= 15 is 0 Å². The monoisotopic (exact) mass is 288 g/mol. The van der Waals surface area contributed by atoms with E-state index < -0.39 is 10.0 Å².